The van der Waals surface area contributed by atoms with E-state index in [1.165, 1.54) is 41.3 Å². The maximum Gasteiger partial charge on any atom is 0.412 e. The molecule has 0 radical (unpaired) electrons. The molecule has 4 N–H and O–H groups in total. The third kappa shape index (κ3) is 5.04. The first-order chi connectivity index (χ1) is 17.6. The average Bonchev–Trinajstić information content (AvgIpc) is 3.58. The van der Waals surface area contributed by atoms with Gasteiger partial charge in [0.15, 0.2) is 11.4 Å². The first kappa shape index (κ1) is 24.8. The maximum absolute atomic E-state index is 15.1. The van der Waals surface area contributed by atoms with Crippen LogP contribution in [0.15, 0.2) is 36.4 Å². The van der Waals surface area contributed by atoms with Crippen molar-refractivity contribution in [3.63, 3.8) is 0 Å². The van der Waals surface area contributed by atoms with E-state index in [-0.39, 0.29) is 47.3 Å². The lowest BCUT2D eigenvalue weighted by molar-refractivity contribution is -0.133. The molecule has 0 aromatic heterocycles. The molecule has 3 aliphatic rings. The van der Waals surface area contributed by atoms with Gasteiger partial charge in [0.2, 0.25) is 5.91 Å². The minimum absolute atomic E-state index is 0.0733. The molecule has 194 valence electrons. The third-order valence-corrected chi connectivity index (χ3v) is 7.18. The van der Waals surface area contributed by atoms with Crippen LogP contribution in [-0.2, 0) is 15.1 Å². The highest BCUT2D eigenvalue weighted by molar-refractivity contribution is 6.31. The number of nitrogens with zero attached hydrogens (tertiary/aromatic N) is 1. The van der Waals surface area contributed by atoms with Crippen LogP contribution in [0.5, 0.6) is 0 Å². The molecule has 1 saturated heterocycles. The van der Waals surface area contributed by atoms with Crippen molar-refractivity contribution in [3.8, 4) is 0 Å². The molecule has 37 heavy (non-hydrogen) atoms. The van der Waals surface area contributed by atoms with Gasteiger partial charge in [0, 0.05) is 24.2 Å². The Hall–Kier alpha value is -3.86. The van der Waals surface area contributed by atoms with Crippen molar-refractivity contribution in [2.45, 2.75) is 37.3 Å². The van der Waals surface area contributed by atoms with Crippen LogP contribution in [0.3, 0.4) is 0 Å². The SMILES string of the molecule is O=C(O)Nc1ccc(C(=O)N[C@@H](CC2CC2)C(=O)N2CCC3(C2)OC(=O)Nc2ccc(Cl)c(F)c23)cc1. The second kappa shape index (κ2) is 9.55. The van der Waals surface area contributed by atoms with E-state index in [0.29, 0.717) is 18.0 Å². The van der Waals surface area contributed by atoms with Gasteiger partial charge in [0.1, 0.15) is 6.04 Å². The van der Waals surface area contributed by atoms with Crippen LogP contribution >= 0.6 is 11.6 Å². The largest absolute Gasteiger partial charge is 0.465 e. The van der Waals surface area contributed by atoms with Crippen molar-refractivity contribution in [2.24, 2.45) is 5.92 Å². The number of benzene rings is 2. The number of carbonyl (C=O) groups excluding carboxylic acids is 3. The van der Waals surface area contributed by atoms with Crippen molar-refractivity contribution in [1.29, 1.82) is 0 Å². The fourth-order valence-electron chi connectivity index (χ4n) is 4.92. The van der Waals surface area contributed by atoms with E-state index in [1.807, 2.05) is 0 Å². The lowest BCUT2D eigenvalue weighted by atomic mass is 9.89. The Morgan fingerprint density at radius 2 is 1.95 bits per heavy atom. The van der Waals surface area contributed by atoms with Crippen LogP contribution in [0, 0.1) is 11.7 Å². The van der Waals surface area contributed by atoms with E-state index in [9.17, 15) is 19.2 Å². The number of nitrogens with one attached hydrogen (secondary N) is 3. The molecular formula is C25H24ClFN4O6. The van der Waals surface area contributed by atoms with Crippen molar-refractivity contribution in [3.05, 3.63) is 58.4 Å². The molecule has 0 bridgehead atoms. The molecule has 2 fully saturated rings. The summed E-state index contributed by atoms with van der Waals surface area (Å²) in [5.41, 5.74) is -0.464. The Morgan fingerprint density at radius 1 is 1.22 bits per heavy atom. The Morgan fingerprint density at radius 3 is 2.62 bits per heavy atom. The summed E-state index contributed by atoms with van der Waals surface area (Å²) in [5.74, 6) is -1.23. The molecule has 1 saturated carbocycles. The summed E-state index contributed by atoms with van der Waals surface area (Å²) in [7, 11) is 0. The quantitative estimate of drug-likeness (QED) is 0.442. The van der Waals surface area contributed by atoms with Crippen LogP contribution in [0.4, 0.5) is 25.4 Å². The van der Waals surface area contributed by atoms with Gasteiger partial charge in [-0.2, -0.15) is 0 Å². The summed E-state index contributed by atoms with van der Waals surface area (Å²) in [6.45, 7) is 0.125. The smallest absolute Gasteiger partial charge is 0.412 e. The zero-order valence-electron chi connectivity index (χ0n) is 19.6. The maximum atomic E-state index is 15.1. The highest BCUT2D eigenvalue weighted by Gasteiger charge is 2.51. The van der Waals surface area contributed by atoms with Gasteiger partial charge in [-0.3, -0.25) is 20.2 Å². The standard InChI is InChI=1S/C25H24ClFN4O6/c26-16-7-8-17-19(20(16)27)25(37-24(36)30-17)9-10-31(12-25)22(33)18(11-13-1-2-13)29-21(32)14-3-5-15(6-4-14)28-23(34)35/h3-8,13,18,28H,1-2,9-12H2,(H,29,32)(H,30,36)(H,34,35)/t18-,25?/m0/s1. The van der Waals surface area contributed by atoms with E-state index in [1.54, 1.807) is 0 Å². The number of likely N-dealkylation sites (tertiary alicyclic amines) is 1. The van der Waals surface area contributed by atoms with E-state index in [0.717, 1.165) is 12.8 Å². The molecule has 12 heteroatoms. The zero-order chi connectivity index (χ0) is 26.3. The minimum Gasteiger partial charge on any atom is -0.465 e. The van der Waals surface area contributed by atoms with Crippen LogP contribution in [-0.4, -0.2) is 53.1 Å². The second-order valence-corrected chi connectivity index (χ2v) is 9.92. The Bertz CT molecular complexity index is 1280. The molecule has 2 atom stereocenters. The van der Waals surface area contributed by atoms with Crippen molar-refractivity contribution < 1.29 is 33.4 Å². The average molecular weight is 531 g/mol. The number of rotatable bonds is 6. The molecule has 1 aliphatic carbocycles. The Kier molecular flexibility index (Phi) is 6.40. The number of halogens is 2. The second-order valence-electron chi connectivity index (χ2n) is 9.52. The Labute approximate surface area is 216 Å². The summed E-state index contributed by atoms with van der Waals surface area (Å²) in [6, 6.07) is 7.85. The van der Waals surface area contributed by atoms with Crippen molar-refractivity contribution in [1.82, 2.24) is 10.2 Å². The monoisotopic (exact) mass is 530 g/mol. The summed E-state index contributed by atoms with van der Waals surface area (Å²) in [4.78, 5) is 51.0. The van der Waals surface area contributed by atoms with E-state index in [4.69, 9.17) is 21.4 Å². The number of carboxylic acid groups (broad SMARTS) is 1. The first-order valence-electron chi connectivity index (χ1n) is 11.8. The van der Waals surface area contributed by atoms with Gasteiger partial charge in [-0.05, 0) is 48.7 Å². The minimum atomic E-state index is -1.39. The molecule has 2 heterocycles. The highest BCUT2D eigenvalue weighted by Crippen LogP contribution is 2.46. The van der Waals surface area contributed by atoms with Gasteiger partial charge < -0.3 is 20.1 Å². The summed E-state index contributed by atoms with van der Waals surface area (Å²) in [6.07, 6.45) is 0.578. The molecular weight excluding hydrogens is 507 g/mol. The number of anilines is 2. The highest BCUT2D eigenvalue weighted by atomic mass is 35.5. The predicted molar refractivity (Wildman–Crippen MR) is 131 cm³/mol. The van der Waals surface area contributed by atoms with Gasteiger partial charge in [-0.1, -0.05) is 24.4 Å². The molecule has 5 rings (SSSR count). The fraction of sp³-hybridized carbons (Fsp3) is 0.360. The van der Waals surface area contributed by atoms with Gasteiger partial charge in [0.25, 0.3) is 5.91 Å². The fourth-order valence-corrected chi connectivity index (χ4v) is 5.08. The van der Waals surface area contributed by atoms with Gasteiger partial charge >= 0.3 is 12.2 Å². The number of hydrogen-bond donors (Lipinski definition) is 4. The van der Waals surface area contributed by atoms with Crippen LogP contribution in [0.1, 0.15) is 41.6 Å². The summed E-state index contributed by atoms with van der Waals surface area (Å²) < 4.78 is 20.6. The van der Waals surface area contributed by atoms with E-state index >= 15 is 4.39 Å². The predicted octanol–water partition coefficient (Wildman–Crippen LogP) is 4.16. The normalized spacial score (nSPS) is 21.0. The molecule has 4 amide bonds. The Balaban J connectivity index is 1.34. The van der Waals surface area contributed by atoms with Crippen LogP contribution in [0.2, 0.25) is 5.02 Å². The van der Waals surface area contributed by atoms with Crippen molar-refractivity contribution in [2.75, 3.05) is 23.7 Å². The number of ether oxygens (including phenoxy) is 1. The van der Waals surface area contributed by atoms with Crippen molar-refractivity contribution >= 4 is 47.0 Å². The lowest BCUT2D eigenvalue weighted by Gasteiger charge is -2.36. The third-order valence-electron chi connectivity index (χ3n) is 6.89. The van der Waals surface area contributed by atoms with Crippen LogP contribution < -0.4 is 16.0 Å². The summed E-state index contributed by atoms with van der Waals surface area (Å²) >= 11 is 6.00. The number of fused-ring (bicyclic) bond motifs is 2. The lowest BCUT2D eigenvalue weighted by Crippen LogP contribution is -2.50. The molecule has 2 aromatic rings. The van der Waals surface area contributed by atoms with Crippen LogP contribution in [0.25, 0.3) is 0 Å². The van der Waals surface area contributed by atoms with Gasteiger partial charge in [-0.25, -0.2) is 14.0 Å². The molecule has 1 unspecified atom stereocenters. The molecule has 2 aliphatic heterocycles. The van der Waals surface area contributed by atoms with E-state index in [2.05, 4.69) is 16.0 Å². The number of hydrogen-bond acceptors (Lipinski definition) is 5. The number of amides is 4. The van der Waals surface area contributed by atoms with Gasteiger partial charge in [-0.15, -0.1) is 0 Å². The molecule has 10 nitrogen and oxygen atoms in total. The molecule has 2 aromatic carbocycles. The van der Waals surface area contributed by atoms with Gasteiger partial charge in [0.05, 0.1) is 22.8 Å². The van der Waals surface area contributed by atoms with E-state index < -0.39 is 35.6 Å². The topological polar surface area (TPSA) is 137 Å². The molecule has 1 spiro atoms. The first-order valence-corrected chi connectivity index (χ1v) is 12.2. The zero-order valence-corrected chi connectivity index (χ0v) is 20.3. The summed E-state index contributed by atoms with van der Waals surface area (Å²) in [5, 5.41) is 16.2. The number of carbonyl (C=O) groups is 4.